The van der Waals surface area contributed by atoms with Crippen molar-refractivity contribution in [2.45, 2.75) is 33.6 Å². The molecule has 0 bridgehead atoms. The average molecular weight is 142 g/mol. The quantitative estimate of drug-likeness (QED) is 0.558. The number of hydrogen-bond acceptors (Lipinski definition) is 2. The Labute approximate surface area is 61.6 Å². The molecule has 0 heterocycles. The Bertz CT molecular complexity index is 138. The van der Waals surface area contributed by atoms with E-state index in [1.54, 1.807) is 0 Å². The van der Waals surface area contributed by atoms with Crippen molar-refractivity contribution in [1.29, 1.82) is 0 Å². The first-order valence-corrected chi connectivity index (χ1v) is 3.60. The molecule has 0 aliphatic heterocycles. The molecule has 0 saturated carbocycles. The summed E-state index contributed by atoms with van der Waals surface area (Å²) < 4.78 is 0. The standard InChI is InChI=1S/C8H14O2/c1-4-6(2)8(10)5-7(3)9/h6H,4-5H2,1-3H3. The Hall–Kier alpha value is -0.660. The van der Waals surface area contributed by atoms with E-state index < -0.39 is 0 Å². The second kappa shape index (κ2) is 4.20. The van der Waals surface area contributed by atoms with E-state index in [0.717, 1.165) is 6.42 Å². The summed E-state index contributed by atoms with van der Waals surface area (Å²) in [7, 11) is 0. The summed E-state index contributed by atoms with van der Waals surface area (Å²) >= 11 is 0. The van der Waals surface area contributed by atoms with E-state index in [2.05, 4.69) is 0 Å². The third kappa shape index (κ3) is 3.38. The highest BCUT2D eigenvalue weighted by atomic mass is 16.1. The normalized spacial score (nSPS) is 12.7. The van der Waals surface area contributed by atoms with Crippen LogP contribution in [0, 0.1) is 5.92 Å². The summed E-state index contributed by atoms with van der Waals surface area (Å²) in [5, 5.41) is 0. The largest absolute Gasteiger partial charge is 0.300 e. The predicted molar refractivity (Wildman–Crippen MR) is 39.8 cm³/mol. The van der Waals surface area contributed by atoms with E-state index in [1.165, 1.54) is 6.92 Å². The van der Waals surface area contributed by atoms with Crippen molar-refractivity contribution in [3.63, 3.8) is 0 Å². The highest BCUT2D eigenvalue weighted by Gasteiger charge is 2.11. The number of Topliss-reactive ketones (excluding diaryl/α,β-unsaturated/α-hetero) is 2. The van der Waals surface area contributed by atoms with Gasteiger partial charge in [0.05, 0.1) is 6.42 Å². The van der Waals surface area contributed by atoms with Crippen LogP contribution >= 0.6 is 0 Å². The van der Waals surface area contributed by atoms with Crippen LogP contribution in [0.4, 0.5) is 0 Å². The molecule has 0 N–H and O–H groups in total. The average Bonchev–Trinajstić information content (AvgIpc) is 1.85. The van der Waals surface area contributed by atoms with Gasteiger partial charge >= 0.3 is 0 Å². The first kappa shape index (κ1) is 9.34. The first-order chi connectivity index (χ1) is 4.57. The molecule has 0 spiro atoms. The van der Waals surface area contributed by atoms with E-state index in [4.69, 9.17) is 0 Å². The lowest BCUT2D eigenvalue weighted by Crippen LogP contribution is -2.12. The van der Waals surface area contributed by atoms with Crippen molar-refractivity contribution >= 4 is 11.6 Å². The molecule has 10 heavy (non-hydrogen) atoms. The van der Waals surface area contributed by atoms with Crippen LogP contribution in [0.25, 0.3) is 0 Å². The maximum Gasteiger partial charge on any atom is 0.143 e. The Morgan fingerprint density at radius 3 is 2.20 bits per heavy atom. The maximum atomic E-state index is 11.0. The Balaban J connectivity index is 3.73. The molecule has 0 radical (unpaired) electrons. The number of hydrogen-bond donors (Lipinski definition) is 0. The van der Waals surface area contributed by atoms with E-state index in [0.29, 0.717) is 0 Å². The van der Waals surface area contributed by atoms with Gasteiger partial charge in [-0.1, -0.05) is 13.8 Å². The molecule has 0 fully saturated rings. The van der Waals surface area contributed by atoms with E-state index in [-0.39, 0.29) is 23.9 Å². The van der Waals surface area contributed by atoms with Crippen LogP contribution in [0.5, 0.6) is 0 Å². The van der Waals surface area contributed by atoms with Crippen molar-refractivity contribution in [2.75, 3.05) is 0 Å². The van der Waals surface area contributed by atoms with Gasteiger partial charge < -0.3 is 0 Å². The minimum absolute atomic E-state index is 0.0368. The van der Waals surface area contributed by atoms with Crippen LogP contribution in [0.3, 0.4) is 0 Å². The molecule has 0 amide bonds. The highest BCUT2D eigenvalue weighted by Crippen LogP contribution is 2.04. The summed E-state index contributed by atoms with van der Waals surface area (Å²) in [5.41, 5.74) is 0. The molecule has 1 unspecified atom stereocenters. The van der Waals surface area contributed by atoms with Gasteiger partial charge in [-0.05, 0) is 13.3 Å². The molecule has 2 heteroatoms. The first-order valence-electron chi connectivity index (χ1n) is 3.60. The fourth-order valence-electron chi connectivity index (χ4n) is 0.647. The van der Waals surface area contributed by atoms with E-state index >= 15 is 0 Å². The molecule has 2 nitrogen and oxygen atoms in total. The van der Waals surface area contributed by atoms with Crippen molar-refractivity contribution in [3.8, 4) is 0 Å². The Kier molecular flexibility index (Phi) is 3.93. The summed E-state index contributed by atoms with van der Waals surface area (Å²) in [6.45, 7) is 5.24. The van der Waals surface area contributed by atoms with Gasteiger partial charge in [0.1, 0.15) is 11.6 Å². The van der Waals surface area contributed by atoms with Crippen LogP contribution in [0.2, 0.25) is 0 Å². The lowest BCUT2D eigenvalue weighted by atomic mass is 10.00. The number of ketones is 2. The van der Waals surface area contributed by atoms with Crippen LogP contribution < -0.4 is 0 Å². The van der Waals surface area contributed by atoms with Crippen molar-refractivity contribution in [3.05, 3.63) is 0 Å². The van der Waals surface area contributed by atoms with Crippen LogP contribution in [-0.4, -0.2) is 11.6 Å². The zero-order chi connectivity index (χ0) is 8.15. The fourth-order valence-corrected chi connectivity index (χ4v) is 0.647. The van der Waals surface area contributed by atoms with Gasteiger partial charge in [-0.25, -0.2) is 0 Å². The topological polar surface area (TPSA) is 34.1 Å². The van der Waals surface area contributed by atoms with Gasteiger partial charge in [-0.15, -0.1) is 0 Å². The molecule has 0 aliphatic rings. The molecular formula is C8H14O2. The molecule has 0 saturated heterocycles. The van der Waals surface area contributed by atoms with Gasteiger partial charge in [0, 0.05) is 5.92 Å². The van der Waals surface area contributed by atoms with Gasteiger partial charge in [0.15, 0.2) is 0 Å². The fraction of sp³-hybridized carbons (Fsp3) is 0.750. The lowest BCUT2D eigenvalue weighted by molar-refractivity contribution is -0.128. The smallest absolute Gasteiger partial charge is 0.143 e. The predicted octanol–water partition coefficient (Wildman–Crippen LogP) is 1.58. The molecule has 0 aromatic carbocycles. The van der Waals surface area contributed by atoms with Crippen LogP contribution in [0.15, 0.2) is 0 Å². The summed E-state index contributed by atoms with van der Waals surface area (Å²) in [4.78, 5) is 21.4. The Morgan fingerprint density at radius 1 is 1.40 bits per heavy atom. The van der Waals surface area contributed by atoms with Gasteiger partial charge in [0.2, 0.25) is 0 Å². The highest BCUT2D eigenvalue weighted by molar-refractivity contribution is 5.98. The number of carbonyl (C=O) groups excluding carboxylic acids is 2. The van der Waals surface area contributed by atoms with Gasteiger partial charge in [-0.3, -0.25) is 9.59 Å². The zero-order valence-electron chi connectivity index (χ0n) is 6.81. The monoisotopic (exact) mass is 142 g/mol. The molecule has 0 aromatic rings. The number of carbonyl (C=O) groups is 2. The lowest BCUT2D eigenvalue weighted by Gasteiger charge is -2.03. The molecular weight excluding hydrogens is 128 g/mol. The van der Waals surface area contributed by atoms with Crippen molar-refractivity contribution in [2.24, 2.45) is 5.92 Å². The van der Waals surface area contributed by atoms with Gasteiger partial charge in [-0.2, -0.15) is 0 Å². The van der Waals surface area contributed by atoms with Crippen LogP contribution in [0.1, 0.15) is 33.6 Å². The van der Waals surface area contributed by atoms with E-state index in [1.807, 2.05) is 13.8 Å². The molecule has 0 aliphatic carbocycles. The second-order valence-electron chi connectivity index (χ2n) is 2.65. The summed E-state index contributed by atoms with van der Waals surface area (Å²) in [6.07, 6.45) is 0.932. The second-order valence-corrected chi connectivity index (χ2v) is 2.65. The SMILES string of the molecule is CCC(C)C(=O)CC(C)=O. The van der Waals surface area contributed by atoms with Crippen molar-refractivity contribution < 1.29 is 9.59 Å². The summed E-state index contributed by atoms with van der Waals surface area (Å²) in [6, 6.07) is 0. The third-order valence-corrected chi connectivity index (χ3v) is 1.59. The van der Waals surface area contributed by atoms with Crippen LogP contribution in [-0.2, 0) is 9.59 Å². The zero-order valence-corrected chi connectivity index (χ0v) is 6.81. The number of rotatable bonds is 4. The minimum Gasteiger partial charge on any atom is -0.300 e. The molecule has 0 rings (SSSR count). The Morgan fingerprint density at radius 2 is 1.90 bits per heavy atom. The third-order valence-electron chi connectivity index (χ3n) is 1.59. The minimum atomic E-state index is -0.0368. The summed E-state index contributed by atoms with van der Waals surface area (Å²) in [5.74, 6) is 0.0733. The molecule has 58 valence electrons. The van der Waals surface area contributed by atoms with Gasteiger partial charge in [0.25, 0.3) is 0 Å². The molecule has 0 aromatic heterocycles. The molecule has 1 atom stereocenters. The van der Waals surface area contributed by atoms with E-state index in [9.17, 15) is 9.59 Å². The maximum absolute atomic E-state index is 11.0. The van der Waals surface area contributed by atoms with Crippen molar-refractivity contribution in [1.82, 2.24) is 0 Å².